The lowest BCUT2D eigenvalue weighted by Gasteiger charge is -1.92. The lowest BCUT2D eigenvalue weighted by molar-refractivity contribution is 0.682. The molecule has 0 fully saturated rings. The van der Waals surface area contributed by atoms with E-state index in [1.54, 1.807) is 11.4 Å². The molecular formula is C7H12N2OS3. The van der Waals surface area contributed by atoms with E-state index in [1.807, 2.05) is 0 Å². The molecule has 1 atom stereocenters. The van der Waals surface area contributed by atoms with Gasteiger partial charge >= 0.3 is 0 Å². The highest BCUT2D eigenvalue weighted by Gasteiger charge is 1.89. The summed E-state index contributed by atoms with van der Waals surface area (Å²) in [6.45, 7) is 0.723. The average molecular weight is 236 g/mol. The molecule has 0 amide bonds. The minimum Gasteiger partial charge on any atom is -0.260 e. The second-order valence-corrected chi connectivity index (χ2v) is 4.00. The number of hydrogen-bond donors (Lipinski definition) is 1. The highest BCUT2D eigenvalue weighted by molar-refractivity contribution is 7.84. The lowest BCUT2D eigenvalue weighted by Crippen LogP contribution is -1.94. The predicted octanol–water partition coefficient (Wildman–Crippen LogP) is 1.92. The molecule has 0 aliphatic rings. The Labute approximate surface area is 91.6 Å². The molecule has 0 bridgehead atoms. The van der Waals surface area contributed by atoms with E-state index < -0.39 is 10.8 Å². The highest BCUT2D eigenvalue weighted by Crippen LogP contribution is 1.90. The molecule has 13 heavy (non-hydrogen) atoms. The summed E-state index contributed by atoms with van der Waals surface area (Å²) in [4.78, 5) is 3.73. The van der Waals surface area contributed by atoms with E-state index in [-0.39, 0.29) is 0 Å². The molecule has 0 aromatic heterocycles. The zero-order valence-electron chi connectivity index (χ0n) is 7.41. The maximum atomic E-state index is 10.5. The van der Waals surface area contributed by atoms with Crippen LogP contribution in [0.2, 0.25) is 0 Å². The van der Waals surface area contributed by atoms with Crippen molar-refractivity contribution in [2.24, 2.45) is 4.99 Å². The Kier molecular flexibility index (Phi) is 16.7. The number of unbranched alkanes of at least 4 members (excludes halogenated alkanes) is 1. The first kappa shape index (κ1) is 15.2. The average Bonchev–Trinajstić information content (AvgIpc) is 2.05. The van der Waals surface area contributed by atoms with Crippen LogP contribution in [-0.4, -0.2) is 33.1 Å². The van der Waals surface area contributed by atoms with Crippen molar-refractivity contribution in [3.63, 3.8) is 0 Å². The molecule has 0 rings (SSSR count). The zero-order valence-corrected chi connectivity index (χ0v) is 9.86. The van der Waals surface area contributed by atoms with Gasteiger partial charge in [-0.05, 0) is 37.3 Å². The summed E-state index contributed by atoms with van der Waals surface area (Å²) in [5, 5.41) is 9.64. The van der Waals surface area contributed by atoms with E-state index in [4.69, 9.17) is 5.41 Å². The fourth-order valence-corrected chi connectivity index (χ4v) is 1.24. The molecule has 0 spiro atoms. The molecule has 0 heterocycles. The predicted molar refractivity (Wildman–Crippen MR) is 63.4 cm³/mol. The fourth-order valence-electron chi connectivity index (χ4n) is 0.542. The third-order valence-electron chi connectivity index (χ3n) is 1.02. The maximum absolute atomic E-state index is 10.5. The van der Waals surface area contributed by atoms with E-state index in [1.165, 1.54) is 0 Å². The van der Waals surface area contributed by atoms with Crippen molar-refractivity contribution < 1.29 is 4.21 Å². The summed E-state index contributed by atoms with van der Waals surface area (Å²) in [6.07, 6.45) is 3.63. The highest BCUT2D eigenvalue weighted by atomic mass is 32.2. The van der Waals surface area contributed by atoms with Crippen LogP contribution in [-0.2, 0) is 10.8 Å². The summed E-state index contributed by atoms with van der Waals surface area (Å²) in [6, 6.07) is 0. The number of isothiocyanates is 2. The van der Waals surface area contributed by atoms with Crippen molar-refractivity contribution in [2.45, 2.75) is 12.8 Å². The molecule has 74 valence electrons. The summed E-state index contributed by atoms with van der Waals surface area (Å²) in [5.41, 5.74) is 0. The van der Waals surface area contributed by atoms with Crippen LogP contribution in [0.25, 0.3) is 0 Å². The molecule has 6 heteroatoms. The van der Waals surface area contributed by atoms with Crippen LogP contribution >= 0.6 is 24.4 Å². The fraction of sp³-hybridized carbons (Fsp3) is 0.714. The van der Waals surface area contributed by atoms with Crippen LogP contribution in [0.4, 0.5) is 0 Å². The minimum atomic E-state index is -0.659. The number of nitrogens with zero attached hydrogens (tertiary/aromatic N) is 1. The van der Waals surface area contributed by atoms with Gasteiger partial charge in [-0.1, -0.05) is 0 Å². The molecule has 3 nitrogen and oxygen atoms in total. The van der Waals surface area contributed by atoms with Gasteiger partial charge in [0.1, 0.15) is 0 Å². The molecule has 1 unspecified atom stereocenters. The molecule has 0 aromatic rings. The van der Waals surface area contributed by atoms with Crippen molar-refractivity contribution in [2.75, 3.05) is 18.6 Å². The normalized spacial score (nSPS) is 9.92. The van der Waals surface area contributed by atoms with Crippen molar-refractivity contribution in [3.8, 4) is 0 Å². The molecule has 0 radical (unpaired) electrons. The summed E-state index contributed by atoms with van der Waals surface area (Å²) >= 11 is 8.19. The van der Waals surface area contributed by atoms with E-state index in [2.05, 4.69) is 34.6 Å². The van der Waals surface area contributed by atoms with Crippen LogP contribution in [0.1, 0.15) is 12.8 Å². The van der Waals surface area contributed by atoms with Crippen LogP contribution in [0.5, 0.6) is 0 Å². The van der Waals surface area contributed by atoms with Gasteiger partial charge in [0.25, 0.3) is 0 Å². The van der Waals surface area contributed by atoms with Gasteiger partial charge in [0.2, 0.25) is 0 Å². The largest absolute Gasteiger partial charge is 0.260 e. The topological polar surface area (TPSA) is 53.3 Å². The van der Waals surface area contributed by atoms with Crippen molar-refractivity contribution in [1.29, 1.82) is 5.41 Å². The Morgan fingerprint density at radius 1 is 1.46 bits per heavy atom. The Morgan fingerprint density at radius 2 is 2.00 bits per heavy atom. The molecule has 1 N–H and O–H groups in total. The first-order valence-corrected chi connectivity index (χ1v) is 6.11. The van der Waals surface area contributed by atoms with Crippen molar-refractivity contribution in [1.82, 2.24) is 0 Å². The summed E-state index contributed by atoms with van der Waals surface area (Å²) in [5.74, 6) is 0.771. The van der Waals surface area contributed by atoms with Crippen LogP contribution < -0.4 is 0 Å². The van der Waals surface area contributed by atoms with E-state index >= 15 is 0 Å². The number of aliphatic imine (C=N–C) groups is 1. The first-order chi connectivity index (χ1) is 6.18. The summed E-state index contributed by atoms with van der Waals surface area (Å²) in [7, 11) is -0.659. The van der Waals surface area contributed by atoms with Crippen LogP contribution in [0, 0.1) is 5.41 Å². The monoisotopic (exact) mass is 236 g/mol. The van der Waals surface area contributed by atoms with Crippen LogP contribution in [0.3, 0.4) is 0 Å². The van der Waals surface area contributed by atoms with Gasteiger partial charge in [-0.25, -0.2) is 10.4 Å². The number of rotatable bonds is 5. The smallest absolute Gasteiger partial charge is 0.0584 e. The molecule has 0 aliphatic heterocycles. The van der Waals surface area contributed by atoms with Gasteiger partial charge in [0.15, 0.2) is 0 Å². The van der Waals surface area contributed by atoms with Gasteiger partial charge in [0.05, 0.1) is 10.3 Å². The first-order valence-electron chi connectivity index (χ1n) is 3.56. The van der Waals surface area contributed by atoms with E-state index in [0.717, 1.165) is 25.1 Å². The molecule has 0 aliphatic carbocycles. The Morgan fingerprint density at radius 3 is 2.38 bits per heavy atom. The quantitative estimate of drug-likeness (QED) is 0.451. The number of thiocarbonyl (C=S) groups is 2. The van der Waals surface area contributed by atoms with E-state index in [0.29, 0.717) is 0 Å². The second-order valence-electron chi connectivity index (χ2n) is 2.06. The van der Waals surface area contributed by atoms with E-state index in [9.17, 15) is 4.21 Å². The standard InChI is InChI=1S/C6H11NOS2.CHNS/c1-10(8)5-3-2-4-7-6-9;2-1-3/h2-5H2,1H3;2H. The SMILES string of the molecule is CS(=O)CCCCN=C=S.N=C=S. The molecule has 0 saturated heterocycles. The molecule has 0 aromatic carbocycles. The van der Waals surface area contributed by atoms with Gasteiger partial charge in [-0.3, -0.25) is 4.21 Å². The van der Waals surface area contributed by atoms with Gasteiger partial charge in [-0.15, -0.1) is 0 Å². The van der Waals surface area contributed by atoms with Gasteiger partial charge in [0, 0.05) is 29.4 Å². The zero-order chi connectivity index (χ0) is 10.5. The molecular weight excluding hydrogens is 224 g/mol. The van der Waals surface area contributed by atoms with Gasteiger partial charge < -0.3 is 0 Å². The number of hydrogen-bond acceptors (Lipinski definition) is 5. The van der Waals surface area contributed by atoms with Gasteiger partial charge in [-0.2, -0.15) is 0 Å². The third kappa shape index (κ3) is 24.5. The lowest BCUT2D eigenvalue weighted by atomic mass is 10.3. The Hall–Kier alpha value is -0.250. The van der Waals surface area contributed by atoms with Crippen LogP contribution in [0.15, 0.2) is 4.99 Å². The van der Waals surface area contributed by atoms with Crippen molar-refractivity contribution >= 4 is 45.6 Å². The third-order valence-corrected chi connectivity index (χ3v) is 2.01. The minimum absolute atomic E-state index is 0.659. The van der Waals surface area contributed by atoms with Crippen molar-refractivity contribution in [3.05, 3.63) is 0 Å². The Bertz CT molecular complexity index is 214. The second kappa shape index (κ2) is 14.3. The number of nitrogens with one attached hydrogen (secondary N) is 1. The maximum Gasteiger partial charge on any atom is 0.0584 e. The summed E-state index contributed by atoms with van der Waals surface area (Å²) < 4.78 is 10.5. The Balaban J connectivity index is 0. The molecule has 0 saturated carbocycles.